The van der Waals surface area contributed by atoms with Gasteiger partial charge in [0, 0.05) is 19.3 Å². The van der Waals surface area contributed by atoms with Crippen molar-refractivity contribution in [2.75, 3.05) is 0 Å². The van der Waals surface area contributed by atoms with E-state index in [9.17, 15) is 9.59 Å². The average Bonchev–Trinajstić information content (AvgIpc) is 2.12. The lowest BCUT2D eigenvalue weighted by atomic mass is 10.2. The predicted molar refractivity (Wildman–Crippen MR) is 57.1 cm³/mol. The van der Waals surface area contributed by atoms with Gasteiger partial charge in [-0.3, -0.25) is 9.59 Å². The smallest absolute Gasteiger partial charge is 0.303 e. The summed E-state index contributed by atoms with van der Waals surface area (Å²) in [6, 6.07) is 0. The molecule has 0 atom stereocenters. The molecule has 0 amide bonds. The number of hydrogen-bond acceptors (Lipinski definition) is 4. The zero-order valence-corrected chi connectivity index (χ0v) is 9.77. The SMILES string of the molecule is CCC(O)(O)Cl.O=C(O)CCCCC(=O)O. The van der Waals surface area contributed by atoms with Crippen LogP contribution >= 0.6 is 11.6 Å². The van der Waals surface area contributed by atoms with Gasteiger partial charge in [0.1, 0.15) is 0 Å². The molecular formula is C9H17ClO6. The molecule has 16 heavy (non-hydrogen) atoms. The monoisotopic (exact) mass is 256 g/mol. The van der Waals surface area contributed by atoms with Crippen LogP contribution in [0.3, 0.4) is 0 Å². The molecular weight excluding hydrogens is 240 g/mol. The molecule has 0 unspecified atom stereocenters. The number of rotatable bonds is 6. The lowest BCUT2D eigenvalue weighted by Crippen LogP contribution is -2.16. The molecule has 0 heterocycles. The molecule has 7 heteroatoms. The van der Waals surface area contributed by atoms with Gasteiger partial charge >= 0.3 is 11.9 Å². The maximum Gasteiger partial charge on any atom is 0.303 e. The number of hydrogen-bond donors (Lipinski definition) is 4. The zero-order valence-electron chi connectivity index (χ0n) is 9.02. The van der Waals surface area contributed by atoms with Gasteiger partial charge in [0.2, 0.25) is 5.25 Å². The van der Waals surface area contributed by atoms with Crippen LogP contribution in [-0.4, -0.2) is 37.6 Å². The van der Waals surface area contributed by atoms with Gasteiger partial charge in [-0.15, -0.1) is 0 Å². The van der Waals surface area contributed by atoms with Gasteiger partial charge in [-0.05, 0) is 12.8 Å². The van der Waals surface area contributed by atoms with Gasteiger partial charge in [-0.2, -0.15) is 0 Å². The van der Waals surface area contributed by atoms with Gasteiger partial charge in [-0.1, -0.05) is 18.5 Å². The molecule has 0 aromatic heterocycles. The Morgan fingerprint density at radius 3 is 1.44 bits per heavy atom. The normalized spacial score (nSPS) is 10.2. The van der Waals surface area contributed by atoms with Crippen molar-refractivity contribution in [1.82, 2.24) is 0 Å². The number of unbranched alkanes of at least 4 members (excludes halogenated alkanes) is 1. The molecule has 0 bridgehead atoms. The van der Waals surface area contributed by atoms with Crippen LogP contribution in [0.25, 0.3) is 0 Å². The van der Waals surface area contributed by atoms with E-state index in [1.165, 1.54) is 0 Å². The number of alkyl halides is 1. The highest BCUT2D eigenvalue weighted by atomic mass is 35.5. The number of carbonyl (C=O) groups is 2. The standard InChI is InChI=1S/C6H10O4.C3H7ClO2/c7-5(8)3-1-2-4-6(9)10;1-2-3(4,5)6/h1-4H2,(H,7,8)(H,9,10);5-6H,2H2,1H3. The van der Waals surface area contributed by atoms with E-state index < -0.39 is 17.2 Å². The van der Waals surface area contributed by atoms with Crippen LogP contribution in [-0.2, 0) is 9.59 Å². The summed E-state index contributed by atoms with van der Waals surface area (Å²) in [5.41, 5.74) is 0. The number of carboxylic acid groups (broad SMARTS) is 2. The Labute approximate surface area is 98.5 Å². The zero-order chi connectivity index (χ0) is 13.2. The molecule has 6 nitrogen and oxygen atoms in total. The number of halogens is 1. The molecule has 0 aromatic rings. The van der Waals surface area contributed by atoms with E-state index in [4.69, 9.17) is 32.0 Å². The van der Waals surface area contributed by atoms with Crippen LogP contribution in [0.1, 0.15) is 39.0 Å². The highest BCUT2D eigenvalue weighted by molar-refractivity contribution is 6.21. The summed E-state index contributed by atoms with van der Waals surface area (Å²) in [4.78, 5) is 19.8. The van der Waals surface area contributed by atoms with E-state index in [0.29, 0.717) is 12.8 Å². The summed E-state index contributed by atoms with van der Waals surface area (Å²) >= 11 is 4.83. The molecule has 0 aromatic carbocycles. The van der Waals surface area contributed by atoms with Crippen molar-refractivity contribution >= 4 is 23.5 Å². The van der Waals surface area contributed by atoms with Crippen LogP contribution in [0.4, 0.5) is 0 Å². The summed E-state index contributed by atoms with van der Waals surface area (Å²) in [6.07, 6.45) is 1.17. The third-order valence-electron chi connectivity index (χ3n) is 1.48. The van der Waals surface area contributed by atoms with Crippen molar-refractivity contribution in [3.8, 4) is 0 Å². The minimum atomic E-state index is -1.99. The van der Waals surface area contributed by atoms with Crippen LogP contribution < -0.4 is 0 Å². The Morgan fingerprint density at radius 1 is 1.06 bits per heavy atom. The van der Waals surface area contributed by atoms with E-state index >= 15 is 0 Å². The largest absolute Gasteiger partial charge is 0.481 e. The number of aliphatic hydroxyl groups is 2. The molecule has 0 spiro atoms. The first kappa shape index (κ1) is 17.5. The summed E-state index contributed by atoms with van der Waals surface area (Å²) in [5, 5.41) is 30.6. The lowest BCUT2D eigenvalue weighted by molar-refractivity contribution is -0.139. The second-order valence-electron chi connectivity index (χ2n) is 3.07. The van der Waals surface area contributed by atoms with Gasteiger partial charge in [0.25, 0.3) is 0 Å². The van der Waals surface area contributed by atoms with E-state index in [-0.39, 0.29) is 19.3 Å². The van der Waals surface area contributed by atoms with Crippen molar-refractivity contribution in [3.63, 3.8) is 0 Å². The number of carboxylic acids is 2. The second kappa shape index (κ2) is 9.38. The second-order valence-corrected chi connectivity index (χ2v) is 3.67. The van der Waals surface area contributed by atoms with Crippen LogP contribution in [0.5, 0.6) is 0 Å². The van der Waals surface area contributed by atoms with Crippen molar-refractivity contribution < 1.29 is 30.0 Å². The lowest BCUT2D eigenvalue weighted by Gasteiger charge is -2.06. The van der Waals surface area contributed by atoms with Gasteiger partial charge < -0.3 is 20.4 Å². The molecule has 0 aliphatic rings. The quantitative estimate of drug-likeness (QED) is 0.320. The molecule has 0 aliphatic carbocycles. The van der Waals surface area contributed by atoms with E-state index in [1.807, 2.05) is 0 Å². The maximum absolute atomic E-state index is 9.90. The molecule has 0 saturated heterocycles. The number of aliphatic carboxylic acids is 2. The summed E-state index contributed by atoms with van der Waals surface area (Å²) in [6.45, 7) is 1.58. The third-order valence-corrected chi connectivity index (χ3v) is 1.75. The van der Waals surface area contributed by atoms with E-state index in [1.54, 1.807) is 6.92 Å². The summed E-state index contributed by atoms with van der Waals surface area (Å²) in [7, 11) is 0. The topological polar surface area (TPSA) is 115 Å². The molecule has 4 N–H and O–H groups in total. The fourth-order valence-corrected chi connectivity index (χ4v) is 0.552. The molecule has 0 saturated carbocycles. The average molecular weight is 257 g/mol. The molecule has 0 rings (SSSR count). The van der Waals surface area contributed by atoms with E-state index in [2.05, 4.69) is 0 Å². The van der Waals surface area contributed by atoms with Crippen molar-refractivity contribution in [3.05, 3.63) is 0 Å². The highest BCUT2D eigenvalue weighted by Crippen LogP contribution is 2.08. The molecule has 0 radical (unpaired) electrons. The minimum Gasteiger partial charge on any atom is -0.481 e. The van der Waals surface area contributed by atoms with E-state index in [0.717, 1.165) is 0 Å². The summed E-state index contributed by atoms with van der Waals surface area (Å²) in [5.74, 6) is -1.74. The molecule has 96 valence electrons. The first-order valence-corrected chi connectivity index (χ1v) is 5.14. The highest BCUT2D eigenvalue weighted by Gasteiger charge is 2.12. The van der Waals surface area contributed by atoms with Crippen molar-refractivity contribution in [2.45, 2.75) is 44.3 Å². The summed E-state index contributed by atoms with van der Waals surface area (Å²) < 4.78 is 0. The first-order valence-electron chi connectivity index (χ1n) is 4.76. The van der Waals surface area contributed by atoms with Crippen molar-refractivity contribution in [1.29, 1.82) is 0 Å². The van der Waals surface area contributed by atoms with Gasteiger partial charge in [-0.25, -0.2) is 0 Å². The molecule has 0 aliphatic heterocycles. The van der Waals surface area contributed by atoms with Crippen molar-refractivity contribution in [2.24, 2.45) is 0 Å². The van der Waals surface area contributed by atoms with Gasteiger partial charge in [0.15, 0.2) is 0 Å². The Hall–Kier alpha value is -0.850. The predicted octanol–water partition coefficient (Wildman–Crippen LogP) is 0.990. The van der Waals surface area contributed by atoms with Crippen LogP contribution in [0.2, 0.25) is 0 Å². The third kappa shape index (κ3) is 23.2. The fourth-order valence-electron chi connectivity index (χ4n) is 0.552. The first-order chi connectivity index (χ1) is 7.19. The Morgan fingerprint density at radius 2 is 1.31 bits per heavy atom. The molecule has 0 fully saturated rings. The minimum absolute atomic E-state index is 0.0628. The van der Waals surface area contributed by atoms with Crippen LogP contribution in [0, 0.1) is 0 Å². The fraction of sp³-hybridized carbons (Fsp3) is 0.778. The maximum atomic E-state index is 9.90. The van der Waals surface area contributed by atoms with Gasteiger partial charge in [0.05, 0.1) is 0 Å². The van der Waals surface area contributed by atoms with Crippen LogP contribution in [0.15, 0.2) is 0 Å². The Bertz CT molecular complexity index is 195. The Kier molecular flexibility index (Phi) is 10.3. The Balaban J connectivity index is 0.